The Morgan fingerprint density at radius 2 is 1.97 bits per heavy atom. The number of hydrogen-bond acceptors (Lipinski definition) is 4. The van der Waals surface area contributed by atoms with Gasteiger partial charge in [0.1, 0.15) is 5.75 Å². The van der Waals surface area contributed by atoms with E-state index in [4.69, 9.17) is 4.74 Å². The van der Waals surface area contributed by atoms with Crippen LogP contribution < -0.4 is 10.1 Å². The zero-order valence-corrected chi connectivity index (χ0v) is 17.8. The summed E-state index contributed by atoms with van der Waals surface area (Å²) in [6.45, 7) is 4.90. The van der Waals surface area contributed by atoms with Crippen LogP contribution in [0.5, 0.6) is 5.75 Å². The van der Waals surface area contributed by atoms with Crippen molar-refractivity contribution in [1.29, 1.82) is 0 Å². The first-order valence-corrected chi connectivity index (χ1v) is 11.7. The number of hydrogen-bond donors (Lipinski definition) is 2. The van der Waals surface area contributed by atoms with Gasteiger partial charge in [0.05, 0.1) is 12.2 Å². The number of rotatable bonds is 7. The zero-order chi connectivity index (χ0) is 20.4. The summed E-state index contributed by atoms with van der Waals surface area (Å²) in [5, 5.41) is 15.3. The van der Waals surface area contributed by atoms with E-state index in [1.165, 1.54) is 18.4 Å². The molecule has 1 aliphatic carbocycles. The smallest absolute Gasteiger partial charge is 0.119 e. The molecule has 0 bridgehead atoms. The number of nitrogens with one attached hydrogen (secondary N) is 1. The Morgan fingerprint density at radius 1 is 1.07 bits per heavy atom. The Hall–Kier alpha value is -1.88. The van der Waals surface area contributed by atoms with Gasteiger partial charge in [-0.1, -0.05) is 42.5 Å². The zero-order valence-electron chi connectivity index (χ0n) is 17.8. The molecule has 30 heavy (non-hydrogen) atoms. The van der Waals surface area contributed by atoms with Crippen molar-refractivity contribution in [2.24, 2.45) is 11.8 Å². The van der Waals surface area contributed by atoms with Gasteiger partial charge in [0.25, 0.3) is 0 Å². The molecule has 4 heteroatoms. The highest BCUT2D eigenvalue weighted by molar-refractivity contribution is 5.34. The third-order valence-corrected chi connectivity index (χ3v) is 7.51. The van der Waals surface area contributed by atoms with Crippen LogP contribution in [0.15, 0.2) is 54.6 Å². The highest BCUT2D eigenvalue weighted by Crippen LogP contribution is 2.51. The van der Waals surface area contributed by atoms with Crippen LogP contribution in [0.1, 0.15) is 43.2 Å². The average molecular weight is 407 g/mol. The number of aliphatic hydroxyl groups is 1. The van der Waals surface area contributed by atoms with Gasteiger partial charge in [0.2, 0.25) is 0 Å². The first kappa shape index (κ1) is 20.0. The molecule has 5 rings (SSSR count). The van der Waals surface area contributed by atoms with Gasteiger partial charge in [-0.2, -0.15) is 0 Å². The number of ether oxygens (including phenoxy) is 1. The largest absolute Gasteiger partial charge is 0.494 e. The van der Waals surface area contributed by atoms with E-state index in [9.17, 15) is 5.11 Å². The Morgan fingerprint density at radius 3 is 2.80 bits per heavy atom. The first-order valence-electron chi connectivity index (χ1n) is 11.7. The van der Waals surface area contributed by atoms with Gasteiger partial charge in [-0.25, -0.2) is 0 Å². The van der Waals surface area contributed by atoms with Crippen molar-refractivity contribution >= 4 is 0 Å². The van der Waals surface area contributed by atoms with Crippen molar-refractivity contribution in [3.05, 3.63) is 65.7 Å². The van der Waals surface area contributed by atoms with Gasteiger partial charge in [-0.15, -0.1) is 0 Å². The Balaban J connectivity index is 1.23. The summed E-state index contributed by atoms with van der Waals surface area (Å²) in [5.74, 6) is 1.78. The maximum Gasteiger partial charge on any atom is 0.119 e. The second-order valence-corrected chi connectivity index (χ2v) is 9.47. The Labute approximate surface area is 180 Å². The van der Waals surface area contributed by atoms with E-state index in [2.05, 4.69) is 52.7 Å². The van der Waals surface area contributed by atoms with E-state index in [1.807, 2.05) is 12.1 Å². The molecule has 0 aromatic heterocycles. The third-order valence-electron chi connectivity index (χ3n) is 7.51. The number of nitrogens with zero attached hydrogens (tertiary/aromatic N) is 1. The van der Waals surface area contributed by atoms with Gasteiger partial charge in [-0.3, -0.25) is 4.90 Å². The topological polar surface area (TPSA) is 44.7 Å². The standard InChI is InChI=1S/C26H34N2O2/c29-26(22-8-4-10-24(16-22)30-15-12-23-9-5-14-27-23)13-11-21-18-28(19-25(21)26)17-20-6-2-1-3-7-20/h1-4,6-8,10,16,21,23,25,27,29H,5,9,11-15,17-19H2. The minimum atomic E-state index is -0.734. The SMILES string of the molecule is OC1(c2cccc(OCCC3CCCN3)c2)CCC2CN(Cc3ccccc3)CC21. The lowest BCUT2D eigenvalue weighted by molar-refractivity contribution is -0.00703. The lowest BCUT2D eigenvalue weighted by Crippen LogP contribution is -2.34. The predicted octanol–water partition coefficient (Wildman–Crippen LogP) is 3.94. The van der Waals surface area contributed by atoms with Crippen molar-refractivity contribution in [1.82, 2.24) is 10.2 Å². The number of benzene rings is 2. The maximum absolute atomic E-state index is 11.7. The van der Waals surface area contributed by atoms with Crippen molar-refractivity contribution in [2.45, 2.75) is 50.3 Å². The first-order chi connectivity index (χ1) is 14.7. The summed E-state index contributed by atoms with van der Waals surface area (Å²) >= 11 is 0. The summed E-state index contributed by atoms with van der Waals surface area (Å²) in [7, 11) is 0. The highest BCUT2D eigenvalue weighted by atomic mass is 16.5. The van der Waals surface area contributed by atoms with Crippen LogP contribution in [0.25, 0.3) is 0 Å². The van der Waals surface area contributed by atoms with Crippen LogP contribution in [0.4, 0.5) is 0 Å². The van der Waals surface area contributed by atoms with Gasteiger partial charge in [0, 0.05) is 31.6 Å². The van der Waals surface area contributed by atoms with Crippen molar-refractivity contribution < 1.29 is 9.84 Å². The molecule has 2 saturated heterocycles. The molecule has 1 saturated carbocycles. The van der Waals surface area contributed by atoms with Gasteiger partial charge < -0.3 is 15.2 Å². The number of fused-ring (bicyclic) bond motifs is 1. The van der Waals surface area contributed by atoms with E-state index in [1.54, 1.807) is 0 Å². The van der Waals surface area contributed by atoms with E-state index in [0.29, 0.717) is 17.9 Å². The molecule has 2 aliphatic heterocycles. The van der Waals surface area contributed by atoms with E-state index < -0.39 is 5.60 Å². The molecule has 0 spiro atoms. The molecule has 160 valence electrons. The molecular weight excluding hydrogens is 372 g/mol. The quantitative estimate of drug-likeness (QED) is 0.731. The summed E-state index contributed by atoms with van der Waals surface area (Å²) in [5.41, 5.74) is 1.66. The van der Waals surface area contributed by atoms with Gasteiger partial charge >= 0.3 is 0 Å². The molecular formula is C26H34N2O2. The van der Waals surface area contributed by atoms with E-state index in [0.717, 1.165) is 63.4 Å². The lowest BCUT2D eigenvalue weighted by Gasteiger charge is -2.31. The second kappa shape index (κ2) is 8.70. The van der Waals surface area contributed by atoms with E-state index in [-0.39, 0.29) is 0 Å². The molecule has 3 fully saturated rings. The van der Waals surface area contributed by atoms with Gasteiger partial charge in [0.15, 0.2) is 0 Å². The third kappa shape index (κ3) is 4.14. The molecule has 4 unspecified atom stereocenters. The van der Waals surface area contributed by atoms with Crippen LogP contribution in [-0.2, 0) is 12.1 Å². The molecule has 0 radical (unpaired) electrons. The van der Waals surface area contributed by atoms with Crippen LogP contribution >= 0.6 is 0 Å². The van der Waals surface area contributed by atoms with Crippen molar-refractivity contribution in [3.63, 3.8) is 0 Å². The molecule has 4 nitrogen and oxygen atoms in total. The van der Waals surface area contributed by atoms with Crippen molar-refractivity contribution in [2.75, 3.05) is 26.2 Å². The predicted molar refractivity (Wildman–Crippen MR) is 119 cm³/mol. The lowest BCUT2D eigenvalue weighted by atomic mass is 9.82. The minimum Gasteiger partial charge on any atom is -0.494 e. The van der Waals surface area contributed by atoms with E-state index >= 15 is 0 Å². The Kier molecular flexibility index (Phi) is 5.81. The minimum absolute atomic E-state index is 0.305. The summed E-state index contributed by atoms with van der Waals surface area (Å²) < 4.78 is 6.06. The normalized spacial score (nSPS) is 31.2. The fourth-order valence-electron chi connectivity index (χ4n) is 5.89. The fourth-order valence-corrected chi connectivity index (χ4v) is 5.89. The summed E-state index contributed by atoms with van der Waals surface area (Å²) in [6.07, 6.45) is 5.54. The molecule has 4 atom stereocenters. The molecule has 0 amide bonds. The van der Waals surface area contributed by atoms with Crippen molar-refractivity contribution in [3.8, 4) is 5.75 Å². The van der Waals surface area contributed by atoms with Crippen LogP contribution in [0.2, 0.25) is 0 Å². The maximum atomic E-state index is 11.7. The van der Waals surface area contributed by atoms with Crippen LogP contribution in [0.3, 0.4) is 0 Å². The molecule has 2 N–H and O–H groups in total. The summed E-state index contributed by atoms with van der Waals surface area (Å²) in [4.78, 5) is 2.52. The molecule has 2 aromatic rings. The highest BCUT2D eigenvalue weighted by Gasteiger charge is 2.52. The summed E-state index contributed by atoms with van der Waals surface area (Å²) in [6, 6.07) is 19.5. The average Bonchev–Trinajstić information content (AvgIpc) is 3.49. The van der Waals surface area contributed by atoms with Gasteiger partial charge in [-0.05, 0) is 67.8 Å². The van der Waals surface area contributed by atoms with Crippen LogP contribution in [0, 0.1) is 11.8 Å². The Bertz CT molecular complexity index is 836. The molecule has 3 aliphatic rings. The molecule has 2 heterocycles. The monoisotopic (exact) mass is 406 g/mol. The number of likely N-dealkylation sites (tertiary alicyclic amines) is 1. The fraction of sp³-hybridized carbons (Fsp3) is 0.538. The molecule has 2 aromatic carbocycles. The second-order valence-electron chi connectivity index (χ2n) is 9.47. The van der Waals surface area contributed by atoms with Crippen LogP contribution in [-0.4, -0.2) is 42.3 Å².